The molecule has 1 aliphatic heterocycles. The van der Waals surface area contributed by atoms with Crippen LogP contribution in [-0.4, -0.2) is 19.3 Å². The van der Waals surface area contributed by atoms with Gasteiger partial charge in [-0.3, -0.25) is 14.2 Å². The SMILES string of the molecule is N#Cc1cccc(S(=O)(=O)N2c3ccc(C=O)c(=O)n3[C@H](c3ccc(Cl)cc3)[C@@H]2c2ccc(Cl)cc2)c1. The van der Waals surface area contributed by atoms with Crippen LogP contribution in [0.1, 0.15) is 39.1 Å². The van der Waals surface area contributed by atoms with Crippen LogP contribution < -0.4 is 9.86 Å². The first-order chi connectivity index (χ1) is 17.8. The number of benzene rings is 3. The lowest BCUT2D eigenvalue weighted by Crippen LogP contribution is -2.33. The van der Waals surface area contributed by atoms with Crippen molar-refractivity contribution in [2.45, 2.75) is 17.0 Å². The number of aldehydes is 1. The second kappa shape index (κ2) is 9.52. The monoisotopic (exact) mass is 549 g/mol. The molecule has 0 bridgehead atoms. The van der Waals surface area contributed by atoms with Crippen molar-refractivity contribution >= 4 is 45.3 Å². The van der Waals surface area contributed by atoms with Gasteiger partial charge < -0.3 is 0 Å². The van der Waals surface area contributed by atoms with E-state index >= 15 is 0 Å². The van der Waals surface area contributed by atoms with Gasteiger partial charge in [0, 0.05) is 10.0 Å². The molecule has 0 amide bonds. The first-order valence-electron chi connectivity index (χ1n) is 11.0. The molecule has 5 rings (SSSR count). The van der Waals surface area contributed by atoms with E-state index < -0.39 is 27.7 Å². The van der Waals surface area contributed by atoms with Gasteiger partial charge in [-0.15, -0.1) is 0 Å². The number of hydrogen-bond donors (Lipinski definition) is 0. The molecule has 10 heteroatoms. The number of hydrogen-bond acceptors (Lipinski definition) is 5. The van der Waals surface area contributed by atoms with Gasteiger partial charge in [0.1, 0.15) is 5.82 Å². The second-order valence-electron chi connectivity index (χ2n) is 8.37. The Morgan fingerprint density at radius 3 is 2.00 bits per heavy atom. The smallest absolute Gasteiger partial charge is 0.266 e. The molecule has 4 aromatic rings. The van der Waals surface area contributed by atoms with Crippen molar-refractivity contribution in [3.05, 3.63) is 128 Å². The first kappa shape index (κ1) is 24.8. The van der Waals surface area contributed by atoms with E-state index in [4.69, 9.17) is 23.2 Å². The molecule has 1 aliphatic rings. The molecule has 0 unspecified atom stereocenters. The molecule has 0 N–H and O–H groups in total. The minimum absolute atomic E-state index is 0.0814. The summed E-state index contributed by atoms with van der Waals surface area (Å²) < 4.78 is 30.9. The molecule has 37 heavy (non-hydrogen) atoms. The fourth-order valence-electron chi connectivity index (χ4n) is 4.59. The zero-order valence-corrected chi connectivity index (χ0v) is 21.3. The van der Waals surface area contributed by atoms with Crippen LogP contribution in [0.25, 0.3) is 0 Å². The van der Waals surface area contributed by atoms with Crippen molar-refractivity contribution in [2.24, 2.45) is 0 Å². The van der Waals surface area contributed by atoms with Crippen molar-refractivity contribution in [3.63, 3.8) is 0 Å². The second-order valence-corrected chi connectivity index (χ2v) is 11.1. The Morgan fingerprint density at radius 2 is 1.43 bits per heavy atom. The number of sulfonamides is 1. The van der Waals surface area contributed by atoms with Crippen LogP contribution in [0.4, 0.5) is 5.82 Å². The minimum atomic E-state index is -4.30. The van der Waals surface area contributed by atoms with Gasteiger partial charge in [-0.25, -0.2) is 12.7 Å². The van der Waals surface area contributed by atoms with Crippen molar-refractivity contribution < 1.29 is 13.2 Å². The largest absolute Gasteiger partial charge is 0.298 e. The molecular formula is C27H17Cl2N3O4S. The third-order valence-electron chi connectivity index (χ3n) is 6.25. The van der Waals surface area contributed by atoms with Gasteiger partial charge in [-0.05, 0) is 65.7 Å². The molecule has 0 aliphatic carbocycles. The highest BCUT2D eigenvalue weighted by Crippen LogP contribution is 2.49. The molecule has 1 aromatic heterocycles. The van der Waals surface area contributed by atoms with Crippen molar-refractivity contribution in [1.82, 2.24) is 4.57 Å². The summed E-state index contributed by atoms with van der Waals surface area (Å²) in [7, 11) is -4.30. The summed E-state index contributed by atoms with van der Waals surface area (Å²) in [5.74, 6) is 0.0814. The molecule has 184 valence electrons. The number of nitriles is 1. The van der Waals surface area contributed by atoms with Crippen LogP contribution in [-0.2, 0) is 10.0 Å². The Labute approximate surface area is 222 Å². The maximum atomic E-state index is 14.2. The standard InChI is InChI=1S/C27H17Cl2N3O4S/c28-21-9-4-18(5-10-21)25-26(19-6-11-22(29)12-7-19)32(24-13-8-20(16-33)27(34)31(24)25)37(35,36)23-3-1-2-17(14-23)15-30/h1-14,16,25-26H/t25-,26+/m1/s1. The molecule has 2 heterocycles. The van der Waals surface area contributed by atoms with E-state index in [1.807, 2.05) is 6.07 Å². The van der Waals surface area contributed by atoms with E-state index in [1.165, 1.54) is 45.3 Å². The van der Waals surface area contributed by atoms with Gasteiger partial charge in [0.2, 0.25) is 0 Å². The van der Waals surface area contributed by atoms with E-state index in [2.05, 4.69) is 0 Å². The number of pyridine rings is 1. The molecule has 0 radical (unpaired) electrons. The van der Waals surface area contributed by atoms with Crippen molar-refractivity contribution in [3.8, 4) is 6.07 Å². The van der Waals surface area contributed by atoms with Crippen LogP contribution in [0, 0.1) is 11.3 Å². The number of carbonyl (C=O) groups is 1. The quantitative estimate of drug-likeness (QED) is 0.311. The van der Waals surface area contributed by atoms with E-state index in [0.717, 1.165) is 0 Å². The number of aromatic nitrogens is 1. The number of rotatable bonds is 5. The van der Waals surface area contributed by atoms with Gasteiger partial charge >= 0.3 is 0 Å². The average molecular weight is 550 g/mol. The first-order valence-corrected chi connectivity index (χ1v) is 13.2. The summed E-state index contributed by atoms with van der Waals surface area (Å²) in [6.07, 6.45) is 0.444. The van der Waals surface area contributed by atoms with Gasteiger partial charge in [0.25, 0.3) is 15.6 Å². The Kier molecular flexibility index (Phi) is 6.38. The molecule has 3 aromatic carbocycles. The van der Waals surface area contributed by atoms with Crippen LogP contribution in [0.2, 0.25) is 10.0 Å². The number of fused-ring (bicyclic) bond motifs is 1. The predicted octanol–water partition coefficient (Wildman–Crippen LogP) is 5.38. The summed E-state index contributed by atoms with van der Waals surface area (Å²) in [5, 5.41) is 10.3. The highest BCUT2D eigenvalue weighted by molar-refractivity contribution is 7.92. The molecule has 0 saturated carbocycles. The zero-order chi connectivity index (χ0) is 26.3. The van der Waals surface area contributed by atoms with Crippen LogP contribution in [0.5, 0.6) is 0 Å². The maximum Gasteiger partial charge on any atom is 0.266 e. The summed E-state index contributed by atoms with van der Waals surface area (Å²) in [5.41, 5.74) is 0.615. The fourth-order valence-corrected chi connectivity index (χ4v) is 6.53. The highest BCUT2D eigenvalue weighted by atomic mass is 35.5. The predicted molar refractivity (Wildman–Crippen MR) is 141 cm³/mol. The van der Waals surface area contributed by atoms with Crippen LogP contribution >= 0.6 is 23.2 Å². The Balaban J connectivity index is 1.85. The average Bonchev–Trinajstić information content (AvgIpc) is 3.26. The summed E-state index contributed by atoms with van der Waals surface area (Å²) in [6, 6.07) is 22.0. The van der Waals surface area contributed by atoms with E-state index in [-0.39, 0.29) is 21.8 Å². The normalized spacial score (nSPS) is 16.7. The van der Waals surface area contributed by atoms with E-state index in [1.54, 1.807) is 48.5 Å². The minimum Gasteiger partial charge on any atom is -0.298 e. The number of nitrogens with zero attached hydrogens (tertiary/aromatic N) is 3. The van der Waals surface area contributed by atoms with Gasteiger partial charge in [0.15, 0.2) is 6.29 Å². The molecule has 0 saturated heterocycles. The van der Waals surface area contributed by atoms with Gasteiger partial charge in [0.05, 0.1) is 34.2 Å². The summed E-state index contributed by atoms with van der Waals surface area (Å²) >= 11 is 12.2. The van der Waals surface area contributed by atoms with Gasteiger partial charge in [-0.2, -0.15) is 5.26 Å². The van der Waals surface area contributed by atoms with Gasteiger partial charge in [-0.1, -0.05) is 53.5 Å². The fraction of sp³-hybridized carbons (Fsp3) is 0.0741. The lowest BCUT2D eigenvalue weighted by molar-refractivity contribution is 0.112. The third-order valence-corrected chi connectivity index (χ3v) is 8.54. The number of halogens is 2. The Morgan fingerprint density at radius 1 is 0.838 bits per heavy atom. The Hall–Kier alpha value is -3.90. The van der Waals surface area contributed by atoms with E-state index in [9.17, 15) is 23.3 Å². The van der Waals surface area contributed by atoms with Crippen molar-refractivity contribution in [1.29, 1.82) is 5.26 Å². The van der Waals surface area contributed by atoms with Crippen LogP contribution in [0.15, 0.2) is 94.6 Å². The van der Waals surface area contributed by atoms with E-state index in [0.29, 0.717) is 27.5 Å². The molecule has 0 spiro atoms. The maximum absolute atomic E-state index is 14.2. The lowest BCUT2D eigenvalue weighted by Gasteiger charge is -2.29. The molecule has 7 nitrogen and oxygen atoms in total. The van der Waals surface area contributed by atoms with Crippen LogP contribution in [0.3, 0.4) is 0 Å². The molecule has 0 fully saturated rings. The highest BCUT2D eigenvalue weighted by Gasteiger charge is 2.47. The lowest BCUT2D eigenvalue weighted by atomic mass is 9.94. The number of carbonyl (C=O) groups excluding carboxylic acids is 1. The third kappa shape index (κ3) is 4.21. The molecule has 2 atom stereocenters. The Bertz CT molecular complexity index is 1730. The zero-order valence-electron chi connectivity index (χ0n) is 19.0. The number of anilines is 1. The summed E-state index contributed by atoms with van der Waals surface area (Å²) in [6.45, 7) is 0. The van der Waals surface area contributed by atoms with Crippen molar-refractivity contribution in [2.75, 3.05) is 4.31 Å². The topological polar surface area (TPSA) is 100 Å². The summed E-state index contributed by atoms with van der Waals surface area (Å²) in [4.78, 5) is 25.1. The molecular weight excluding hydrogens is 533 g/mol.